The van der Waals surface area contributed by atoms with E-state index in [0.717, 1.165) is 29.2 Å². The van der Waals surface area contributed by atoms with Crippen molar-refractivity contribution in [2.24, 2.45) is 0 Å². The van der Waals surface area contributed by atoms with Crippen molar-refractivity contribution in [1.82, 2.24) is 4.90 Å². The predicted molar refractivity (Wildman–Crippen MR) is 107 cm³/mol. The molecule has 5 nitrogen and oxygen atoms in total. The summed E-state index contributed by atoms with van der Waals surface area (Å²) in [7, 11) is 0. The zero-order valence-corrected chi connectivity index (χ0v) is 16.3. The van der Waals surface area contributed by atoms with Crippen molar-refractivity contribution >= 4 is 34.8 Å². The Balaban J connectivity index is 1.46. The van der Waals surface area contributed by atoms with Gasteiger partial charge in [-0.05, 0) is 42.8 Å². The van der Waals surface area contributed by atoms with E-state index < -0.39 is 11.9 Å². The monoisotopic (exact) mass is 401 g/mol. The summed E-state index contributed by atoms with van der Waals surface area (Å²) in [4.78, 5) is 30.8. The van der Waals surface area contributed by atoms with Gasteiger partial charge in [0.1, 0.15) is 5.82 Å². The second-order valence-corrected chi connectivity index (χ2v) is 7.66. The Morgan fingerprint density at radius 1 is 1.04 bits per heavy atom. The van der Waals surface area contributed by atoms with Crippen LogP contribution in [0.1, 0.15) is 12.0 Å². The maximum Gasteiger partial charge on any atom is 0.251 e. The molecule has 146 valence electrons. The van der Waals surface area contributed by atoms with Gasteiger partial charge in [-0.1, -0.05) is 23.7 Å². The van der Waals surface area contributed by atoms with Crippen molar-refractivity contribution in [1.29, 1.82) is 0 Å². The molecule has 7 heteroatoms. The molecule has 4 rings (SSSR count). The van der Waals surface area contributed by atoms with Crippen LogP contribution < -0.4 is 9.80 Å². The molecule has 0 saturated carbocycles. The van der Waals surface area contributed by atoms with Gasteiger partial charge in [0.25, 0.3) is 5.91 Å². The van der Waals surface area contributed by atoms with Crippen LogP contribution in [0.3, 0.4) is 0 Å². The molecule has 2 fully saturated rings. The Morgan fingerprint density at radius 2 is 1.79 bits per heavy atom. The van der Waals surface area contributed by atoms with E-state index >= 15 is 0 Å². The standard InChI is InChI=1S/C21H21ClFN3O2/c1-14-5-6-15(22)11-18(14)24-7-9-25(10-8-24)19-13-20(27)26(21(19)28)17-4-2-3-16(23)12-17/h2-6,11-12,19H,7-10,13H2,1H3/t19-/m1/s1. The number of imide groups is 1. The second kappa shape index (κ2) is 7.53. The van der Waals surface area contributed by atoms with Crippen LogP contribution in [0, 0.1) is 12.7 Å². The minimum atomic E-state index is -0.488. The van der Waals surface area contributed by atoms with Crippen LogP contribution in [0.2, 0.25) is 5.02 Å². The van der Waals surface area contributed by atoms with Crippen molar-refractivity contribution < 1.29 is 14.0 Å². The Morgan fingerprint density at radius 3 is 2.50 bits per heavy atom. The van der Waals surface area contributed by atoms with Crippen LogP contribution in [-0.4, -0.2) is 48.9 Å². The summed E-state index contributed by atoms with van der Waals surface area (Å²) >= 11 is 6.14. The second-order valence-electron chi connectivity index (χ2n) is 7.22. The lowest BCUT2D eigenvalue weighted by Crippen LogP contribution is -2.52. The van der Waals surface area contributed by atoms with Crippen LogP contribution >= 0.6 is 11.6 Å². The predicted octanol–water partition coefficient (Wildman–Crippen LogP) is 3.24. The molecule has 0 aromatic heterocycles. The van der Waals surface area contributed by atoms with Gasteiger partial charge >= 0.3 is 0 Å². The number of piperazine rings is 1. The number of carbonyl (C=O) groups excluding carboxylic acids is 2. The van der Waals surface area contributed by atoms with Crippen LogP contribution in [0.25, 0.3) is 0 Å². The number of amides is 2. The quantitative estimate of drug-likeness (QED) is 0.741. The zero-order chi connectivity index (χ0) is 19.8. The Bertz CT molecular complexity index is 928. The molecule has 0 unspecified atom stereocenters. The lowest BCUT2D eigenvalue weighted by atomic mass is 10.1. The number of anilines is 2. The molecule has 0 aliphatic carbocycles. The Kier molecular flexibility index (Phi) is 5.08. The normalized spacial score (nSPS) is 20.9. The maximum absolute atomic E-state index is 13.5. The minimum absolute atomic E-state index is 0.130. The minimum Gasteiger partial charge on any atom is -0.369 e. The van der Waals surface area contributed by atoms with Crippen molar-refractivity contribution in [2.75, 3.05) is 36.0 Å². The molecule has 2 saturated heterocycles. The molecule has 2 heterocycles. The van der Waals surface area contributed by atoms with Crippen molar-refractivity contribution in [3.05, 3.63) is 58.9 Å². The fourth-order valence-electron chi connectivity index (χ4n) is 3.99. The van der Waals surface area contributed by atoms with E-state index in [-0.39, 0.29) is 18.2 Å². The molecule has 0 bridgehead atoms. The highest BCUT2D eigenvalue weighted by Gasteiger charge is 2.43. The lowest BCUT2D eigenvalue weighted by Gasteiger charge is -2.38. The zero-order valence-electron chi connectivity index (χ0n) is 15.6. The molecule has 0 radical (unpaired) electrons. The summed E-state index contributed by atoms with van der Waals surface area (Å²) in [6.07, 6.45) is 0.130. The summed E-state index contributed by atoms with van der Waals surface area (Å²) in [5, 5.41) is 0.699. The summed E-state index contributed by atoms with van der Waals surface area (Å²) in [6, 6.07) is 11.0. The van der Waals surface area contributed by atoms with E-state index in [4.69, 9.17) is 11.6 Å². The van der Waals surface area contributed by atoms with Gasteiger partial charge in [-0.15, -0.1) is 0 Å². The molecule has 0 spiro atoms. The van der Waals surface area contributed by atoms with Gasteiger partial charge in [0.2, 0.25) is 5.91 Å². The number of halogens is 2. The fraction of sp³-hybridized carbons (Fsp3) is 0.333. The van der Waals surface area contributed by atoms with E-state index in [1.807, 2.05) is 25.1 Å². The average Bonchev–Trinajstić information content (AvgIpc) is 2.98. The molecule has 1 atom stereocenters. The van der Waals surface area contributed by atoms with Gasteiger partial charge in [0.15, 0.2) is 0 Å². The Labute approximate surface area is 168 Å². The number of benzene rings is 2. The largest absolute Gasteiger partial charge is 0.369 e. The van der Waals surface area contributed by atoms with E-state index in [2.05, 4.69) is 9.80 Å². The highest BCUT2D eigenvalue weighted by atomic mass is 35.5. The molecule has 2 aliphatic rings. The highest BCUT2D eigenvalue weighted by molar-refractivity contribution is 6.30. The number of hydrogen-bond acceptors (Lipinski definition) is 4. The molecule has 2 aromatic rings. The third kappa shape index (κ3) is 3.50. The molecule has 2 aliphatic heterocycles. The van der Waals surface area contributed by atoms with Gasteiger partial charge in [0, 0.05) is 36.9 Å². The molecule has 0 N–H and O–H groups in total. The smallest absolute Gasteiger partial charge is 0.251 e. The third-order valence-electron chi connectivity index (χ3n) is 5.46. The van der Waals surface area contributed by atoms with Crippen molar-refractivity contribution in [3.63, 3.8) is 0 Å². The van der Waals surface area contributed by atoms with Gasteiger partial charge in [0.05, 0.1) is 18.2 Å². The number of carbonyl (C=O) groups is 2. The van der Waals surface area contributed by atoms with E-state index in [1.165, 1.54) is 18.2 Å². The summed E-state index contributed by atoms with van der Waals surface area (Å²) in [5.74, 6) is -1.02. The van der Waals surface area contributed by atoms with E-state index in [1.54, 1.807) is 6.07 Å². The number of hydrogen-bond donors (Lipinski definition) is 0. The topological polar surface area (TPSA) is 43.9 Å². The van der Waals surface area contributed by atoms with Crippen molar-refractivity contribution in [3.8, 4) is 0 Å². The summed E-state index contributed by atoms with van der Waals surface area (Å²) in [6.45, 7) is 4.89. The molecule has 2 amide bonds. The van der Waals surface area contributed by atoms with Gasteiger partial charge in [-0.3, -0.25) is 14.5 Å². The molecule has 28 heavy (non-hydrogen) atoms. The third-order valence-corrected chi connectivity index (χ3v) is 5.69. The molecule has 2 aromatic carbocycles. The first-order valence-corrected chi connectivity index (χ1v) is 9.69. The SMILES string of the molecule is Cc1ccc(Cl)cc1N1CCN([C@@H]2CC(=O)N(c3cccc(F)c3)C2=O)CC1. The van der Waals surface area contributed by atoms with Gasteiger partial charge in [-0.2, -0.15) is 0 Å². The molecular weight excluding hydrogens is 381 g/mol. The van der Waals surface area contributed by atoms with Crippen molar-refractivity contribution in [2.45, 2.75) is 19.4 Å². The van der Waals surface area contributed by atoms with Crippen LogP contribution in [0.4, 0.5) is 15.8 Å². The Hall–Kier alpha value is -2.44. The maximum atomic E-state index is 13.5. The first-order chi connectivity index (χ1) is 13.4. The lowest BCUT2D eigenvalue weighted by molar-refractivity contribution is -0.123. The van der Waals surface area contributed by atoms with E-state index in [9.17, 15) is 14.0 Å². The summed E-state index contributed by atoms with van der Waals surface area (Å²) in [5.41, 5.74) is 2.55. The number of rotatable bonds is 3. The fourth-order valence-corrected chi connectivity index (χ4v) is 4.15. The first-order valence-electron chi connectivity index (χ1n) is 9.31. The first kappa shape index (κ1) is 18.9. The number of aryl methyl sites for hydroxylation is 1. The van der Waals surface area contributed by atoms with Crippen LogP contribution in [0.5, 0.6) is 0 Å². The summed E-state index contributed by atoms with van der Waals surface area (Å²) < 4.78 is 13.5. The van der Waals surface area contributed by atoms with Crippen LogP contribution in [0.15, 0.2) is 42.5 Å². The van der Waals surface area contributed by atoms with Gasteiger partial charge in [-0.25, -0.2) is 9.29 Å². The highest BCUT2D eigenvalue weighted by Crippen LogP contribution is 2.29. The average molecular weight is 402 g/mol. The van der Waals surface area contributed by atoms with Gasteiger partial charge < -0.3 is 4.90 Å². The molecular formula is C21H21ClFN3O2. The van der Waals surface area contributed by atoms with E-state index in [0.29, 0.717) is 23.8 Å². The van der Waals surface area contributed by atoms with Crippen LogP contribution in [-0.2, 0) is 9.59 Å². The number of nitrogens with zero attached hydrogens (tertiary/aromatic N) is 3.